The van der Waals surface area contributed by atoms with Crippen LogP contribution in [0.2, 0.25) is 0 Å². The molecular weight excluding hydrogens is 530 g/mol. The van der Waals surface area contributed by atoms with Gasteiger partial charge in [-0.05, 0) is 42.3 Å². The van der Waals surface area contributed by atoms with Gasteiger partial charge in [0.05, 0.1) is 25.6 Å². The average molecular weight is 570 g/mol. The summed E-state index contributed by atoms with van der Waals surface area (Å²) in [4.78, 5) is 45.3. The Hall–Kier alpha value is -4.21. The molecule has 2 heterocycles. The fourth-order valence-corrected chi connectivity index (χ4v) is 5.75. The summed E-state index contributed by atoms with van der Waals surface area (Å²) >= 11 is 0. The van der Waals surface area contributed by atoms with Gasteiger partial charge in [-0.25, -0.2) is 0 Å². The van der Waals surface area contributed by atoms with Crippen LogP contribution >= 0.6 is 0 Å². The van der Waals surface area contributed by atoms with Gasteiger partial charge in [0.25, 0.3) is 0 Å². The predicted octanol–water partition coefficient (Wildman–Crippen LogP) is 3.15. The molecule has 220 valence electrons. The first-order valence-electron chi connectivity index (χ1n) is 14.7. The molecule has 0 spiro atoms. The minimum atomic E-state index is -0.837. The van der Waals surface area contributed by atoms with Crippen LogP contribution in [0.3, 0.4) is 0 Å². The van der Waals surface area contributed by atoms with E-state index in [1.165, 1.54) is 11.1 Å². The van der Waals surface area contributed by atoms with E-state index in [1.54, 1.807) is 29.2 Å². The van der Waals surface area contributed by atoms with Crippen LogP contribution in [0, 0.1) is 0 Å². The van der Waals surface area contributed by atoms with Gasteiger partial charge in [0.1, 0.15) is 11.8 Å². The molecule has 2 N–H and O–H groups in total. The number of hydrogen-bond donors (Lipinski definition) is 2. The highest BCUT2D eigenvalue weighted by Crippen LogP contribution is 2.29. The zero-order valence-corrected chi connectivity index (χ0v) is 24.1. The second kappa shape index (κ2) is 14.1. The first-order valence-corrected chi connectivity index (χ1v) is 14.7. The molecule has 3 aromatic carbocycles. The molecule has 0 bridgehead atoms. The van der Waals surface area contributed by atoms with Crippen molar-refractivity contribution < 1.29 is 19.1 Å². The number of nitrogens with one attached hydrogen (secondary N) is 2. The number of hydrogen-bond acceptors (Lipinski definition) is 6. The fourth-order valence-electron chi connectivity index (χ4n) is 5.75. The largest absolute Gasteiger partial charge is 0.494 e. The van der Waals surface area contributed by atoms with E-state index in [4.69, 9.17) is 4.74 Å². The first-order chi connectivity index (χ1) is 20.5. The van der Waals surface area contributed by atoms with E-state index in [9.17, 15) is 14.4 Å². The van der Waals surface area contributed by atoms with E-state index in [2.05, 4.69) is 69.0 Å². The number of anilines is 1. The van der Waals surface area contributed by atoms with E-state index in [0.717, 1.165) is 31.9 Å². The summed E-state index contributed by atoms with van der Waals surface area (Å²) in [6.07, 6.45) is -0.103. The third kappa shape index (κ3) is 7.35. The number of amides is 3. The zero-order valence-electron chi connectivity index (χ0n) is 24.1. The second-order valence-corrected chi connectivity index (χ2v) is 10.6. The summed E-state index contributed by atoms with van der Waals surface area (Å²) in [7, 11) is 0. The van der Waals surface area contributed by atoms with Crippen molar-refractivity contribution in [1.29, 1.82) is 0 Å². The minimum Gasteiger partial charge on any atom is -0.494 e. The molecular formula is C33H39N5O4. The standard InChI is InChI=1S/C33H39N5O4/c1-2-42-28-15-13-27(14-16-28)35-30(39)23-29-33(41)34-17-18-38(29)31(40)24-36-19-21-37(22-20-36)32(25-9-5-3-6-10-25)26-11-7-4-8-12-26/h3-16,29,32H,2,17-24H2,1H3,(H,34,41)(H,35,39). The Morgan fingerprint density at radius 2 is 1.50 bits per heavy atom. The Balaban J connectivity index is 1.18. The third-order valence-corrected chi connectivity index (χ3v) is 7.84. The Morgan fingerprint density at radius 1 is 0.881 bits per heavy atom. The van der Waals surface area contributed by atoms with Gasteiger partial charge in [0, 0.05) is 45.0 Å². The van der Waals surface area contributed by atoms with E-state index in [1.807, 2.05) is 19.1 Å². The van der Waals surface area contributed by atoms with Crippen LogP contribution in [0.4, 0.5) is 5.69 Å². The molecule has 0 saturated carbocycles. The van der Waals surface area contributed by atoms with Gasteiger partial charge in [-0.1, -0.05) is 60.7 Å². The van der Waals surface area contributed by atoms with Crippen molar-refractivity contribution in [3.63, 3.8) is 0 Å². The van der Waals surface area contributed by atoms with Crippen LogP contribution < -0.4 is 15.4 Å². The molecule has 5 rings (SSSR count). The molecule has 0 aliphatic carbocycles. The lowest BCUT2D eigenvalue weighted by atomic mass is 9.96. The molecule has 9 heteroatoms. The highest BCUT2D eigenvalue weighted by atomic mass is 16.5. The van der Waals surface area contributed by atoms with Crippen molar-refractivity contribution in [1.82, 2.24) is 20.0 Å². The summed E-state index contributed by atoms with van der Waals surface area (Å²) in [5.74, 6) is -0.0226. The summed E-state index contributed by atoms with van der Waals surface area (Å²) < 4.78 is 5.45. The van der Waals surface area contributed by atoms with E-state index in [0.29, 0.717) is 25.4 Å². The van der Waals surface area contributed by atoms with Gasteiger partial charge in [-0.3, -0.25) is 24.2 Å². The van der Waals surface area contributed by atoms with Crippen molar-refractivity contribution in [3.05, 3.63) is 96.1 Å². The molecule has 1 unspecified atom stereocenters. The molecule has 42 heavy (non-hydrogen) atoms. The van der Waals surface area contributed by atoms with Crippen molar-refractivity contribution >= 4 is 23.4 Å². The Bertz CT molecular complexity index is 1290. The molecule has 0 radical (unpaired) electrons. The molecule has 2 saturated heterocycles. The zero-order chi connectivity index (χ0) is 29.3. The van der Waals surface area contributed by atoms with Crippen molar-refractivity contribution in [2.45, 2.75) is 25.4 Å². The lowest BCUT2D eigenvalue weighted by Crippen LogP contribution is -2.60. The predicted molar refractivity (Wildman–Crippen MR) is 162 cm³/mol. The molecule has 3 amide bonds. The lowest BCUT2D eigenvalue weighted by Gasteiger charge is -2.41. The number of ether oxygens (including phenoxy) is 1. The van der Waals surface area contributed by atoms with Gasteiger partial charge < -0.3 is 20.3 Å². The van der Waals surface area contributed by atoms with Crippen LogP contribution in [0.25, 0.3) is 0 Å². The SMILES string of the molecule is CCOc1ccc(NC(=O)CC2C(=O)NCCN2C(=O)CN2CCN(C(c3ccccc3)c3ccccc3)CC2)cc1. The van der Waals surface area contributed by atoms with Gasteiger partial charge in [-0.15, -0.1) is 0 Å². The van der Waals surface area contributed by atoms with Gasteiger partial charge in [0.15, 0.2) is 0 Å². The van der Waals surface area contributed by atoms with Crippen molar-refractivity contribution in [2.75, 3.05) is 57.7 Å². The maximum Gasteiger partial charge on any atom is 0.243 e. The molecule has 2 aliphatic rings. The summed E-state index contributed by atoms with van der Waals surface area (Å²) in [6, 6.07) is 27.4. The number of rotatable bonds is 10. The number of piperazine rings is 2. The summed E-state index contributed by atoms with van der Waals surface area (Å²) in [5.41, 5.74) is 3.11. The van der Waals surface area contributed by atoms with Crippen LogP contribution in [0.15, 0.2) is 84.9 Å². The lowest BCUT2D eigenvalue weighted by molar-refractivity contribution is -0.145. The Morgan fingerprint density at radius 3 is 2.10 bits per heavy atom. The van der Waals surface area contributed by atoms with Crippen LogP contribution in [-0.4, -0.2) is 90.9 Å². The third-order valence-electron chi connectivity index (χ3n) is 7.84. The Labute approximate surface area is 247 Å². The molecule has 0 aromatic heterocycles. The van der Waals surface area contributed by atoms with Crippen LogP contribution in [0.1, 0.15) is 30.5 Å². The number of carbonyl (C=O) groups excluding carboxylic acids is 3. The van der Waals surface area contributed by atoms with E-state index in [-0.39, 0.29) is 36.7 Å². The molecule has 3 aromatic rings. The normalized spacial score (nSPS) is 18.0. The molecule has 9 nitrogen and oxygen atoms in total. The summed E-state index contributed by atoms with van der Waals surface area (Å²) in [6.45, 7) is 6.57. The number of carbonyl (C=O) groups is 3. The monoisotopic (exact) mass is 569 g/mol. The number of nitrogens with zero attached hydrogens (tertiary/aromatic N) is 3. The topological polar surface area (TPSA) is 94.2 Å². The van der Waals surface area contributed by atoms with E-state index < -0.39 is 6.04 Å². The molecule has 1 atom stereocenters. The smallest absolute Gasteiger partial charge is 0.243 e. The fraction of sp³-hybridized carbons (Fsp3) is 0.364. The van der Waals surface area contributed by atoms with Gasteiger partial charge in [0.2, 0.25) is 17.7 Å². The minimum absolute atomic E-state index is 0.103. The molecule has 2 aliphatic heterocycles. The van der Waals surface area contributed by atoms with Crippen molar-refractivity contribution in [2.24, 2.45) is 0 Å². The maximum absolute atomic E-state index is 13.5. The molecule has 2 fully saturated rings. The maximum atomic E-state index is 13.5. The average Bonchev–Trinajstić information content (AvgIpc) is 3.01. The quantitative estimate of drug-likeness (QED) is 0.390. The number of benzene rings is 3. The van der Waals surface area contributed by atoms with Gasteiger partial charge in [-0.2, -0.15) is 0 Å². The Kier molecular flexibility index (Phi) is 9.84. The van der Waals surface area contributed by atoms with Crippen LogP contribution in [-0.2, 0) is 14.4 Å². The van der Waals surface area contributed by atoms with E-state index >= 15 is 0 Å². The van der Waals surface area contributed by atoms with Gasteiger partial charge >= 0.3 is 0 Å². The summed E-state index contributed by atoms with van der Waals surface area (Å²) in [5, 5.41) is 5.64. The van der Waals surface area contributed by atoms with Crippen molar-refractivity contribution in [3.8, 4) is 5.75 Å². The highest BCUT2D eigenvalue weighted by molar-refractivity contribution is 5.97. The van der Waals surface area contributed by atoms with Crippen LogP contribution in [0.5, 0.6) is 5.75 Å². The first kappa shape index (κ1) is 29.3. The second-order valence-electron chi connectivity index (χ2n) is 10.6. The highest BCUT2D eigenvalue weighted by Gasteiger charge is 2.36.